The van der Waals surface area contributed by atoms with Crippen LogP contribution in [0.4, 0.5) is 8.78 Å². The number of hydrogen-bond acceptors (Lipinski definition) is 4. The molecule has 0 bridgehead atoms. The molecule has 19 heavy (non-hydrogen) atoms. The molecule has 2 rings (SSSR count). The minimum atomic E-state index is -2.64. The highest BCUT2D eigenvalue weighted by Crippen LogP contribution is 2.65. The Morgan fingerprint density at radius 3 is 2.47 bits per heavy atom. The van der Waals surface area contributed by atoms with Crippen molar-refractivity contribution in [3.63, 3.8) is 0 Å². The van der Waals surface area contributed by atoms with Crippen molar-refractivity contribution in [2.24, 2.45) is 11.3 Å². The first-order valence-electron chi connectivity index (χ1n) is 6.11. The van der Waals surface area contributed by atoms with E-state index < -0.39 is 17.3 Å². The van der Waals surface area contributed by atoms with Gasteiger partial charge in [0.2, 0.25) is 0 Å². The number of esters is 1. The highest BCUT2D eigenvalue weighted by Gasteiger charge is 2.74. The van der Waals surface area contributed by atoms with Crippen LogP contribution in [-0.2, 0) is 14.3 Å². The van der Waals surface area contributed by atoms with Gasteiger partial charge in [-0.2, -0.15) is 0 Å². The van der Waals surface area contributed by atoms with Crippen LogP contribution in [0.2, 0.25) is 0 Å². The van der Waals surface area contributed by atoms with Crippen LogP contribution in [0.15, 0.2) is 0 Å². The molecule has 112 valence electrons. The summed E-state index contributed by atoms with van der Waals surface area (Å²) >= 11 is 0. The van der Waals surface area contributed by atoms with Crippen molar-refractivity contribution >= 4 is 18.4 Å². The number of carbonyl (C=O) groups is 1. The largest absolute Gasteiger partial charge is 0.468 e. The minimum Gasteiger partial charge on any atom is -0.468 e. The van der Waals surface area contributed by atoms with Crippen LogP contribution in [0.5, 0.6) is 0 Å². The second kappa shape index (κ2) is 5.50. The van der Waals surface area contributed by atoms with E-state index in [0.29, 0.717) is 13.0 Å². The highest BCUT2D eigenvalue weighted by atomic mass is 35.5. The molecule has 2 aliphatic rings. The summed E-state index contributed by atoms with van der Waals surface area (Å²) in [5, 5.41) is 2.96. The molecule has 7 heteroatoms. The zero-order chi connectivity index (χ0) is 13.6. The van der Waals surface area contributed by atoms with Crippen LogP contribution >= 0.6 is 12.4 Å². The van der Waals surface area contributed by atoms with Gasteiger partial charge in [-0.25, -0.2) is 8.78 Å². The summed E-state index contributed by atoms with van der Waals surface area (Å²) in [5.41, 5.74) is -0.971. The normalized spacial score (nSPS) is 34.5. The SMILES string of the molecule is COC(=O)C1CC(OCC2C(C)(C)C2(F)F)CN1.Cl. The summed E-state index contributed by atoms with van der Waals surface area (Å²) in [6.07, 6.45) is 0.284. The van der Waals surface area contributed by atoms with Gasteiger partial charge in [0, 0.05) is 18.4 Å². The number of carbonyl (C=O) groups excluding carboxylic acids is 1. The molecule has 3 atom stereocenters. The maximum atomic E-state index is 13.3. The molecule has 0 spiro atoms. The molecule has 0 aromatic rings. The Morgan fingerprint density at radius 1 is 1.42 bits per heavy atom. The summed E-state index contributed by atoms with van der Waals surface area (Å²) < 4.78 is 36.8. The zero-order valence-electron chi connectivity index (χ0n) is 11.2. The molecule has 1 aliphatic carbocycles. The predicted octanol–water partition coefficient (Wildman–Crippen LogP) is 1.62. The Kier molecular flexibility index (Phi) is 4.80. The molecule has 0 radical (unpaired) electrons. The maximum absolute atomic E-state index is 13.3. The van der Waals surface area contributed by atoms with Crippen LogP contribution in [0.1, 0.15) is 20.3 Å². The van der Waals surface area contributed by atoms with Gasteiger partial charge in [-0.1, -0.05) is 13.8 Å². The molecular formula is C12H20ClF2NO3. The lowest BCUT2D eigenvalue weighted by molar-refractivity contribution is -0.142. The lowest BCUT2D eigenvalue weighted by atomic mass is 10.1. The second-order valence-corrected chi connectivity index (χ2v) is 5.57. The van der Waals surface area contributed by atoms with E-state index in [0.717, 1.165) is 0 Å². The molecule has 2 fully saturated rings. The molecule has 1 heterocycles. The summed E-state index contributed by atoms with van der Waals surface area (Å²) in [7, 11) is 1.32. The maximum Gasteiger partial charge on any atom is 0.322 e. The van der Waals surface area contributed by atoms with Crippen molar-refractivity contribution < 1.29 is 23.0 Å². The van der Waals surface area contributed by atoms with Crippen LogP contribution in [0, 0.1) is 11.3 Å². The molecule has 1 saturated heterocycles. The van der Waals surface area contributed by atoms with Crippen molar-refractivity contribution in [3.05, 3.63) is 0 Å². The second-order valence-electron chi connectivity index (χ2n) is 5.57. The molecule has 1 saturated carbocycles. The fraction of sp³-hybridized carbons (Fsp3) is 0.917. The average molecular weight is 300 g/mol. The van der Waals surface area contributed by atoms with Gasteiger partial charge in [0.15, 0.2) is 0 Å². The van der Waals surface area contributed by atoms with E-state index in [-0.39, 0.29) is 37.1 Å². The first-order valence-corrected chi connectivity index (χ1v) is 6.11. The van der Waals surface area contributed by atoms with E-state index in [9.17, 15) is 13.6 Å². The molecule has 3 unspecified atom stereocenters. The molecule has 0 aromatic heterocycles. The van der Waals surface area contributed by atoms with E-state index in [1.54, 1.807) is 13.8 Å². The molecule has 1 aliphatic heterocycles. The van der Waals surface area contributed by atoms with Crippen molar-refractivity contribution in [2.75, 3.05) is 20.3 Å². The van der Waals surface area contributed by atoms with Crippen molar-refractivity contribution in [3.8, 4) is 0 Å². The third kappa shape index (κ3) is 2.85. The Hall–Kier alpha value is -0.460. The molecule has 1 N–H and O–H groups in total. The van der Waals surface area contributed by atoms with Gasteiger partial charge >= 0.3 is 5.97 Å². The van der Waals surface area contributed by atoms with E-state index >= 15 is 0 Å². The fourth-order valence-electron chi connectivity index (χ4n) is 2.45. The van der Waals surface area contributed by atoms with E-state index in [4.69, 9.17) is 4.74 Å². The predicted molar refractivity (Wildman–Crippen MR) is 67.6 cm³/mol. The minimum absolute atomic E-state index is 0. The Bertz CT molecular complexity index is 338. The summed E-state index contributed by atoms with van der Waals surface area (Å²) in [5.74, 6) is -3.69. The Balaban J connectivity index is 0.00000180. The lowest BCUT2D eigenvalue weighted by Gasteiger charge is -2.10. The number of nitrogens with one attached hydrogen (secondary N) is 1. The van der Waals surface area contributed by atoms with Crippen molar-refractivity contribution in [1.82, 2.24) is 5.32 Å². The topological polar surface area (TPSA) is 47.6 Å². The number of hydrogen-bond donors (Lipinski definition) is 1. The quantitative estimate of drug-likeness (QED) is 0.802. The van der Waals surface area contributed by atoms with Gasteiger partial charge in [0.1, 0.15) is 6.04 Å². The molecular weight excluding hydrogens is 280 g/mol. The molecule has 4 nitrogen and oxygen atoms in total. The Morgan fingerprint density at radius 2 is 2.00 bits per heavy atom. The van der Waals surface area contributed by atoms with Crippen LogP contribution in [0.25, 0.3) is 0 Å². The van der Waals surface area contributed by atoms with Gasteiger partial charge in [-0.15, -0.1) is 12.4 Å². The smallest absolute Gasteiger partial charge is 0.322 e. The van der Waals surface area contributed by atoms with E-state index in [1.165, 1.54) is 7.11 Å². The van der Waals surface area contributed by atoms with Crippen LogP contribution in [0.3, 0.4) is 0 Å². The molecule has 0 amide bonds. The lowest BCUT2D eigenvalue weighted by Crippen LogP contribution is -2.31. The number of methoxy groups -OCH3 is 1. The van der Waals surface area contributed by atoms with Gasteiger partial charge < -0.3 is 14.8 Å². The number of alkyl halides is 2. The number of halogens is 3. The monoisotopic (exact) mass is 299 g/mol. The summed E-state index contributed by atoms with van der Waals surface area (Å²) in [6.45, 7) is 3.63. The van der Waals surface area contributed by atoms with Gasteiger partial charge in [-0.3, -0.25) is 4.79 Å². The third-order valence-electron chi connectivity index (χ3n) is 4.16. The fourth-order valence-corrected chi connectivity index (χ4v) is 2.45. The van der Waals surface area contributed by atoms with Crippen molar-refractivity contribution in [2.45, 2.75) is 38.3 Å². The molecule has 0 aromatic carbocycles. The Labute approximate surface area is 117 Å². The number of rotatable bonds is 4. The van der Waals surface area contributed by atoms with E-state index in [2.05, 4.69) is 10.1 Å². The standard InChI is InChI=1S/C12H19F2NO3.ClH/c1-11(2)9(12(11,13)14)6-18-7-4-8(15-5-7)10(16)17-3;/h7-9,15H,4-6H2,1-3H3;1H. The highest BCUT2D eigenvalue weighted by molar-refractivity contribution is 5.85. The van der Waals surface area contributed by atoms with E-state index in [1.807, 2.05) is 0 Å². The van der Waals surface area contributed by atoms with Gasteiger partial charge in [0.25, 0.3) is 5.92 Å². The van der Waals surface area contributed by atoms with Crippen molar-refractivity contribution in [1.29, 1.82) is 0 Å². The first kappa shape index (κ1) is 16.6. The van der Waals surface area contributed by atoms with Crippen LogP contribution in [-0.4, -0.2) is 44.3 Å². The van der Waals surface area contributed by atoms with Gasteiger partial charge in [-0.05, 0) is 0 Å². The zero-order valence-corrected chi connectivity index (χ0v) is 12.1. The summed E-state index contributed by atoms with van der Waals surface area (Å²) in [6, 6.07) is -0.382. The first-order chi connectivity index (χ1) is 8.30. The van der Waals surface area contributed by atoms with Gasteiger partial charge in [0.05, 0.1) is 25.7 Å². The van der Waals surface area contributed by atoms with Crippen LogP contribution < -0.4 is 5.32 Å². The summed E-state index contributed by atoms with van der Waals surface area (Å²) in [4.78, 5) is 11.3. The number of ether oxygens (including phenoxy) is 2. The average Bonchev–Trinajstić information content (AvgIpc) is 2.70. The third-order valence-corrected chi connectivity index (χ3v) is 4.16.